The van der Waals surface area contributed by atoms with Crippen molar-refractivity contribution in [2.75, 3.05) is 16.3 Å². The third kappa shape index (κ3) is 4.24. The van der Waals surface area contributed by atoms with E-state index in [1.807, 2.05) is 30.3 Å². The number of amides is 1. The fraction of sp³-hybridized carbons (Fsp3) is 0.200. The summed E-state index contributed by atoms with van der Waals surface area (Å²) in [7, 11) is -1.67. The largest absolute Gasteiger partial charge is 0.316 e. The fourth-order valence-corrected chi connectivity index (χ4v) is 3.65. The molecular formula is C20H22N4O4S. The van der Waals surface area contributed by atoms with Crippen LogP contribution in [-0.2, 0) is 17.1 Å². The number of benzene rings is 2. The van der Waals surface area contributed by atoms with Gasteiger partial charge in [0.15, 0.2) is 0 Å². The number of carbonyl (C=O) groups excluding carboxylic acids is 1. The van der Waals surface area contributed by atoms with Crippen LogP contribution in [0, 0.1) is 13.8 Å². The lowest BCUT2D eigenvalue weighted by Gasteiger charge is -2.10. The van der Waals surface area contributed by atoms with Gasteiger partial charge in [-0.3, -0.25) is 19.0 Å². The minimum absolute atomic E-state index is 0.192. The molecule has 0 saturated carbocycles. The second-order valence-corrected chi connectivity index (χ2v) is 8.54. The maximum absolute atomic E-state index is 12.9. The summed E-state index contributed by atoms with van der Waals surface area (Å²) in [5, 5.41) is 2.69. The summed E-state index contributed by atoms with van der Waals surface area (Å²) < 4.78 is 28.4. The number of nitrogens with zero attached hydrogens (tertiary/aromatic N) is 2. The molecule has 0 unspecified atom stereocenters. The molecule has 152 valence electrons. The van der Waals surface area contributed by atoms with E-state index in [9.17, 15) is 18.0 Å². The number of para-hydroxylation sites is 1. The highest BCUT2D eigenvalue weighted by Crippen LogP contribution is 2.19. The first-order chi connectivity index (χ1) is 13.6. The first-order valence-corrected chi connectivity index (χ1v) is 10.7. The van der Waals surface area contributed by atoms with Gasteiger partial charge in [0.25, 0.3) is 11.5 Å². The van der Waals surface area contributed by atoms with E-state index in [4.69, 9.17) is 0 Å². The Morgan fingerprint density at radius 3 is 2.28 bits per heavy atom. The predicted octanol–water partition coefficient (Wildman–Crippen LogP) is 2.42. The second kappa shape index (κ2) is 7.59. The predicted molar refractivity (Wildman–Crippen MR) is 113 cm³/mol. The zero-order valence-corrected chi connectivity index (χ0v) is 17.4. The van der Waals surface area contributed by atoms with Crippen molar-refractivity contribution in [3.05, 3.63) is 75.7 Å². The Morgan fingerprint density at radius 1 is 1.03 bits per heavy atom. The van der Waals surface area contributed by atoms with Crippen molar-refractivity contribution < 1.29 is 13.2 Å². The highest BCUT2D eigenvalue weighted by Gasteiger charge is 2.19. The zero-order chi connectivity index (χ0) is 21.3. The molecule has 0 aliphatic heterocycles. The third-order valence-corrected chi connectivity index (χ3v) is 5.17. The number of hydrogen-bond acceptors (Lipinski definition) is 4. The van der Waals surface area contributed by atoms with Gasteiger partial charge in [-0.05, 0) is 49.7 Å². The van der Waals surface area contributed by atoms with Gasteiger partial charge in [0, 0.05) is 12.6 Å². The maximum atomic E-state index is 12.9. The first kappa shape index (κ1) is 20.4. The molecule has 0 bridgehead atoms. The van der Waals surface area contributed by atoms with Crippen molar-refractivity contribution in [1.82, 2.24) is 9.36 Å². The van der Waals surface area contributed by atoms with Crippen LogP contribution in [0.3, 0.4) is 0 Å². The molecule has 3 aromatic rings. The Kier molecular flexibility index (Phi) is 5.34. The van der Waals surface area contributed by atoms with Gasteiger partial charge in [0.05, 0.1) is 23.3 Å². The van der Waals surface area contributed by atoms with Crippen molar-refractivity contribution >= 4 is 27.3 Å². The minimum atomic E-state index is -3.42. The van der Waals surface area contributed by atoms with E-state index in [1.54, 1.807) is 31.6 Å². The summed E-state index contributed by atoms with van der Waals surface area (Å²) >= 11 is 0. The number of sulfonamides is 1. The van der Waals surface area contributed by atoms with Crippen LogP contribution in [0.25, 0.3) is 5.69 Å². The monoisotopic (exact) mass is 414 g/mol. The molecule has 2 N–H and O–H groups in total. The lowest BCUT2D eigenvalue weighted by molar-refractivity contribution is 0.102. The van der Waals surface area contributed by atoms with E-state index in [0.717, 1.165) is 6.26 Å². The van der Waals surface area contributed by atoms with Crippen molar-refractivity contribution in [2.45, 2.75) is 13.8 Å². The molecule has 1 amide bonds. The smallest absolute Gasteiger partial charge is 0.295 e. The molecule has 3 rings (SSSR count). The molecule has 1 aromatic heterocycles. The van der Waals surface area contributed by atoms with Crippen molar-refractivity contribution in [3.8, 4) is 5.69 Å². The van der Waals surface area contributed by atoms with Crippen LogP contribution in [0.15, 0.2) is 53.3 Å². The molecule has 2 aromatic carbocycles. The Morgan fingerprint density at radius 2 is 1.69 bits per heavy atom. The summed E-state index contributed by atoms with van der Waals surface area (Å²) in [6.45, 7) is 3.45. The van der Waals surface area contributed by atoms with Gasteiger partial charge in [0.2, 0.25) is 10.0 Å². The Bertz CT molecular complexity index is 1240. The van der Waals surface area contributed by atoms with Crippen molar-refractivity contribution in [1.29, 1.82) is 0 Å². The molecule has 0 saturated heterocycles. The molecule has 0 spiro atoms. The normalized spacial score (nSPS) is 11.3. The van der Waals surface area contributed by atoms with Crippen molar-refractivity contribution in [3.63, 3.8) is 0 Å². The van der Waals surface area contributed by atoms with Crippen molar-refractivity contribution in [2.24, 2.45) is 7.05 Å². The number of nitrogens with one attached hydrogen (secondary N) is 2. The van der Waals surface area contributed by atoms with Gasteiger partial charge in [0.1, 0.15) is 5.69 Å². The van der Waals surface area contributed by atoms with E-state index in [1.165, 1.54) is 16.8 Å². The lowest BCUT2D eigenvalue weighted by Crippen LogP contribution is -2.23. The van der Waals surface area contributed by atoms with Crippen LogP contribution in [0.2, 0.25) is 0 Å². The average molecular weight is 414 g/mol. The molecule has 0 aliphatic carbocycles. The van der Waals surface area contributed by atoms with E-state index in [0.29, 0.717) is 28.2 Å². The second-order valence-electron chi connectivity index (χ2n) is 6.79. The maximum Gasteiger partial charge on any atom is 0.295 e. The van der Waals surface area contributed by atoms with Crippen LogP contribution in [0.4, 0.5) is 11.4 Å². The molecule has 0 atom stereocenters. The standard InChI is InChI=1S/C20H22N4O4S/c1-13-12-15(10-11-17(13)22-29(4,27)28)19(25)21-18-14(2)23(3)24(20(18)26)16-8-6-5-7-9-16/h5-12,22H,1-4H3,(H,21,25). The van der Waals surface area contributed by atoms with Crippen LogP contribution >= 0.6 is 0 Å². The molecule has 8 nitrogen and oxygen atoms in total. The zero-order valence-electron chi connectivity index (χ0n) is 16.6. The lowest BCUT2D eigenvalue weighted by atomic mass is 10.1. The molecule has 0 radical (unpaired) electrons. The van der Waals surface area contributed by atoms with E-state index in [2.05, 4.69) is 10.0 Å². The molecule has 29 heavy (non-hydrogen) atoms. The molecule has 1 heterocycles. The Hall–Kier alpha value is -3.33. The molecule has 0 aliphatic rings. The summed E-state index contributed by atoms with van der Waals surface area (Å²) in [4.78, 5) is 25.6. The minimum Gasteiger partial charge on any atom is -0.316 e. The van der Waals surface area contributed by atoms with Gasteiger partial charge < -0.3 is 5.32 Å². The SMILES string of the molecule is Cc1cc(C(=O)Nc2c(C)n(C)n(-c3ccccc3)c2=O)ccc1NS(C)(=O)=O. The third-order valence-electron chi connectivity index (χ3n) is 4.58. The molecular weight excluding hydrogens is 392 g/mol. The van der Waals surface area contributed by atoms with Gasteiger partial charge in [-0.25, -0.2) is 13.1 Å². The van der Waals surface area contributed by atoms with Crippen LogP contribution in [0.5, 0.6) is 0 Å². The number of aryl methyl sites for hydroxylation is 1. The summed E-state index contributed by atoms with van der Waals surface area (Å²) in [6.07, 6.45) is 1.06. The van der Waals surface area contributed by atoms with Gasteiger partial charge in [-0.15, -0.1) is 0 Å². The van der Waals surface area contributed by atoms with Crippen LogP contribution in [-0.4, -0.2) is 29.9 Å². The number of carbonyl (C=O) groups is 1. The molecule has 9 heteroatoms. The number of rotatable bonds is 5. The first-order valence-electron chi connectivity index (χ1n) is 8.82. The van der Waals surface area contributed by atoms with Crippen LogP contribution in [0.1, 0.15) is 21.6 Å². The van der Waals surface area contributed by atoms with Gasteiger partial charge in [-0.1, -0.05) is 18.2 Å². The average Bonchev–Trinajstić information content (AvgIpc) is 2.86. The number of hydrogen-bond donors (Lipinski definition) is 2. The molecule has 0 fully saturated rings. The van der Waals surface area contributed by atoms with E-state index >= 15 is 0 Å². The quantitative estimate of drug-likeness (QED) is 0.669. The highest BCUT2D eigenvalue weighted by molar-refractivity contribution is 7.92. The van der Waals surface area contributed by atoms with Gasteiger partial charge in [-0.2, -0.15) is 0 Å². The summed E-state index contributed by atoms with van der Waals surface area (Å²) in [6, 6.07) is 13.7. The Balaban J connectivity index is 1.92. The van der Waals surface area contributed by atoms with Gasteiger partial charge >= 0.3 is 0 Å². The fourth-order valence-electron chi connectivity index (χ4n) is 3.02. The number of aromatic nitrogens is 2. The van der Waals surface area contributed by atoms with E-state index < -0.39 is 15.9 Å². The van der Waals surface area contributed by atoms with E-state index in [-0.39, 0.29) is 11.2 Å². The highest BCUT2D eigenvalue weighted by atomic mass is 32.2. The Labute approximate surface area is 168 Å². The topological polar surface area (TPSA) is 102 Å². The summed E-state index contributed by atoms with van der Waals surface area (Å²) in [5.41, 5.74) is 2.46. The summed E-state index contributed by atoms with van der Waals surface area (Å²) in [5.74, 6) is -0.454. The number of anilines is 2. The van der Waals surface area contributed by atoms with Crippen LogP contribution < -0.4 is 15.6 Å².